The van der Waals surface area contributed by atoms with E-state index < -0.39 is 8.80 Å². The molecule has 40 heavy (non-hydrogen) atoms. The van der Waals surface area contributed by atoms with Crippen molar-refractivity contribution in [2.24, 2.45) is 0 Å². The summed E-state index contributed by atoms with van der Waals surface area (Å²) < 4.78 is 19.2. The Kier molecular flexibility index (Phi) is 35.0. The van der Waals surface area contributed by atoms with Gasteiger partial charge in [-0.2, -0.15) is 0 Å². The molecule has 0 aromatic heterocycles. The third-order valence-electron chi connectivity index (χ3n) is 8.21. The van der Waals surface area contributed by atoms with E-state index in [0.29, 0.717) is 19.8 Å². The van der Waals surface area contributed by atoms with Crippen LogP contribution in [0.1, 0.15) is 194 Å². The van der Waals surface area contributed by atoms with Gasteiger partial charge in [-0.15, -0.1) is 0 Å². The van der Waals surface area contributed by atoms with Gasteiger partial charge in [-0.25, -0.2) is 0 Å². The molecule has 5 heteroatoms. The van der Waals surface area contributed by atoms with Crippen molar-refractivity contribution in [3.05, 3.63) is 0 Å². The maximum absolute atomic E-state index is 5.97. The van der Waals surface area contributed by atoms with E-state index >= 15 is 0 Å². The molecule has 0 bridgehead atoms. The van der Waals surface area contributed by atoms with Crippen LogP contribution in [0.15, 0.2) is 0 Å². The summed E-state index contributed by atoms with van der Waals surface area (Å²) in [6.45, 7) is 8.19. The van der Waals surface area contributed by atoms with Crippen LogP contribution < -0.4 is 0 Å². The number of alkyl halides is 1. The molecule has 0 saturated carbocycles. The van der Waals surface area contributed by atoms with Gasteiger partial charge < -0.3 is 13.3 Å². The fourth-order valence-electron chi connectivity index (χ4n) is 5.86. The Labute approximate surface area is 268 Å². The van der Waals surface area contributed by atoms with Crippen molar-refractivity contribution in [2.45, 2.75) is 200 Å². The van der Waals surface area contributed by atoms with Crippen LogP contribution in [0.25, 0.3) is 0 Å². The minimum atomic E-state index is -2.42. The first-order valence-electron chi connectivity index (χ1n) is 18.2. The van der Waals surface area contributed by atoms with Gasteiger partial charge in [-0.3, -0.25) is 0 Å². The summed E-state index contributed by atoms with van der Waals surface area (Å²) in [7, 11) is -2.42. The zero-order valence-electron chi connectivity index (χ0n) is 27.7. The highest BCUT2D eigenvalue weighted by atomic mass is 127. The van der Waals surface area contributed by atoms with Gasteiger partial charge >= 0.3 is 8.80 Å². The average Bonchev–Trinajstić information content (AvgIpc) is 2.95. The van der Waals surface area contributed by atoms with Gasteiger partial charge in [-0.05, 0) is 38.0 Å². The first kappa shape index (κ1) is 40.8. The van der Waals surface area contributed by atoms with Crippen molar-refractivity contribution in [3.8, 4) is 0 Å². The fraction of sp³-hybridized carbons (Fsp3) is 1.00. The lowest BCUT2D eigenvalue weighted by Crippen LogP contribution is -2.45. The van der Waals surface area contributed by atoms with Crippen LogP contribution >= 0.6 is 22.6 Å². The smallest absolute Gasteiger partial charge is 0.374 e. The highest BCUT2D eigenvalue weighted by Gasteiger charge is 2.39. The summed E-state index contributed by atoms with van der Waals surface area (Å²) >= 11 is 2.50. The van der Waals surface area contributed by atoms with Crippen LogP contribution in [0.5, 0.6) is 0 Å². The van der Waals surface area contributed by atoms with E-state index in [-0.39, 0.29) is 0 Å². The van der Waals surface area contributed by atoms with Gasteiger partial charge in [-0.1, -0.05) is 183 Å². The van der Waals surface area contributed by atoms with Gasteiger partial charge in [0.05, 0.1) is 0 Å². The van der Waals surface area contributed by atoms with E-state index in [1.54, 1.807) is 0 Å². The minimum Gasteiger partial charge on any atom is -0.374 e. The second kappa shape index (κ2) is 34.3. The molecule has 0 aromatic rings. The number of hydrogen-bond donors (Lipinski definition) is 0. The van der Waals surface area contributed by atoms with Crippen molar-refractivity contribution in [1.29, 1.82) is 0 Å². The molecule has 0 atom stereocenters. The molecule has 0 aliphatic carbocycles. The third-order valence-corrected chi connectivity index (χ3v) is 12.1. The van der Waals surface area contributed by atoms with Crippen molar-refractivity contribution in [2.75, 3.05) is 24.2 Å². The highest BCUT2D eigenvalue weighted by molar-refractivity contribution is 14.1. The van der Waals surface area contributed by atoms with Crippen LogP contribution in [0.2, 0.25) is 6.04 Å². The van der Waals surface area contributed by atoms with Crippen molar-refractivity contribution in [1.82, 2.24) is 0 Å². The zero-order chi connectivity index (χ0) is 29.2. The predicted octanol–water partition coefficient (Wildman–Crippen LogP) is 13.0. The van der Waals surface area contributed by atoms with E-state index in [4.69, 9.17) is 13.3 Å². The molecule has 0 spiro atoms. The van der Waals surface area contributed by atoms with Crippen LogP contribution in [-0.2, 0) is 13.3 Å². The molecule has 0 heterocycles. The van der Waals surface area contributed by atoms with Crippen LogP contribution in [0, 0.1) is 0 Å². The Morgan fingerprint density at radius 3 is 0.725 bits per heavy atom. The largest absolute Gasteiger partial charge is 0.500 e. The Morgan fingerprint density at radius 1 is 0.325 bits per heavy atom. The lowest BCUT2D eigenvalue weighted by atomic mass is 10.0. The Balaban J connectivity index is 3.26. The lowest BCUT2D eigenvalue weighted by Gasteiger charge is -2.28. The quantitative estimate of drug-likeness (QED) is 0.0286. The maximum Gasteiger partial charge on any atom is 0.500 e. The van der Waals surface area contributed by atoms with Crippen LogP contribution in [0.3, 0.4) is 0 Å². The molecule has 0 N–H and O–H groups in total. The summed E-state index contributed by atoms with van der Waals surface area (Å²) in [6.07, 6.45) is 38.8. The first-order valence-corrected chi connectivity index (χ1v) is 21.7. The molecule has 0 aromatic carbocycles. The average molecular weight is 697 g/mol. The number of rotatable bonds is 35. The monoisotopic (exact) mass is 696 g/mol. The predicted molar refractivity (Wildman–Crippen MR) is 189 cm³/mol. The molecule has 0 fully saturated rings. The normalized spacial score (nSPS) is 12.0. The molecule has 0 amide bonds. The molecule has 0 aliphatic heterocycles. The molecular weight excluding hydrogens is 623 g/mol. The molecule has 0 aliphatic rings. The molecule has 0 unspecified atom stereocenters. The van der Waals surface area contributed by atoms with Crippen LogP contribution in [-0.4, -0.2) is 33.1 Å². The van der Waals surface area contributed by atoms with Crippen molar-refractivity contribution >= 4 is 31.4 Å². The molecule has 0 saturated heterocycles. The van der Waals surface area contributed by atoms with Gasteiger partial charge in [0.25, 0.3) is 0 Å². The number of halogens is 1. The van der Waals surface area contributed by atoms with E-state index in [2.05, 4.69) is 22.6 Å². The molecule has 242 valence electrons. The SMILES string of the molecule is CCO[Si](CCCCCCCCCCCCCCCCCCCCCCCCCCCCCI)(OCC)OCC. The van der Waals surface area contributed by atoms with Crippen molar-refractivity contribution in [3.63, 3.8) is 0 Å². The topological polar surface area (TPSA) is 27.7 Å². The molecular formula is C35H73IO3Si. The third kappa shape index (κ3) is 28.9. The minimum absolute atomic E-state index is 0.686. The highest BCUT2D eigenvalue weighted by Crippen LogP contribution is 2.21. The summed E-state index contributed by atoms with van der Waals surface area (Å²) in [5, 5.41) is 0. The van der Waals surface area contributed by atoms with E-state index in [1.165, 1.54) is 178 Å². The lowest BCUT2D eigenvalue weighted by molar-refractivity contribution is 0.0706. The van der Waals surface area contributed by atoms with Crippen molar-refractivity contribution < 1.29 is 13.3 Å². The van der Waals surface area contributed by atoms with Gasteiger partial charge in [0.1, 0.15) is 0 Å². The summed E-state index contributed by atoms with van der Waals surface area (Å²) in [6, 6.07) is 0.974. The zero-order valence-corrected chi connectivity index (χ0v) is 30.9. The van der Waals surface area contributed by atoms with E-state index in [9.17, 15) is 0 Å². The standard InChI is InChI=1S/C35H73IO3Si/c1-4-37-40(38-5-2,39-6-3)35-33-31-29-27-25-23-21-19-17-15-13-11-9-7-8-10-12-14-16-18-20-22-24-26-28-30-32-34-36/h4-35H2,1-3H3. The Morgan fingerprint density at radius 2 is 0.525 bits per heavy atom. The Bertz CT molecular complexity index is 449. The van der Waals surface area contributed by atoms with E-state index in [1.807, 2.05) is 20.8 Å². The molecule has 3 nitrogen and oxygen atoms in total. The number of unbranched alkanes of at least 4 members (excludes halogenated alkanes) is 26. The summed E-state index contributed by atoms with van der Waals surface area (Å²) in [5.74, 6) is 0. The second-order valence-electron chi connectivity index (χ2n) is 12.0. The number of hydrogen-bond acceptors (Lipinski definition) is 3. The van der Waals surface area contributed by atoms with Crippen LogP contribution in [0.4, 0.5) is 0 Å². The van der Waals surface area contributed by atoms with Gasteiger partial charge in [0, 0.05) is 25.9 Å². The second-order valence-corrected chi connectivity index (χ2v) is 15.8. The van der Waals surface area contributed by atoms with Gasteiger partial charge in [0.2, 0.25) is 0 Å². The summed E-state index contributed by atoms with van der Waals surface area (Å²) in [5.41, 5.74) is 0. The Hall–Kier alpha value is 0.827. The molecule has 0 rings (SSSR count). The maximum atomic E-state index is 5.97. The fourth-order valence-corrected chi connectivity index (χ4v) is 9.08. The van der Waals surface area contributed by atoms with E-state index in [0.717, 1.165) is 6.04 Å². The van der Waals surface area contributed by atoms with Gasteiger partial charge in [0.15, 0.2) is 0 Å². The first-order chi connectivity index (χ1) is 19.7. The summed E-state index contributed by atoms with van der Waals surface area (Å²) in [4.78, 5) is 0. The molecule has 0 radical (unpaired) electrons.